The number of carbonyl (C=O) groups excluding carboxylic acids is 2. The molecule has 3 N–H and O–H groups in total. The maximum Gasteiger partial charge on any atom is 0.406 e. The Kier molecular flexibility index (Phi) is 5.36. The normalized spacial score (nSPS) is 15.7. The molecule has 27 heavy (non-hydrogen) atoms. The fourth-order valence-corrected chi connectivity index (χ4v) is 4.47. The van der Waals surface area contributed by atoms with E-state index in [0.29, 0.717) is 16.5 Å². The van der Waals surface area contributed by atoms with Crippen LogP contribution in [-0.4, -0.2) is 28.3 Å². The number of anilines is 1. The van der Waals surface area contributed by atoms with Crippen molar-refractivity contribution in [2.45, 2.75) is 26.2 Å². The number of hydrogen-bond donors (Lipinski definition) is 2. The van der Waals surface area contributed by atoms with Crippen LogP contribution in [0.2, 0.25) is 0 Å². The predicted octanol–water partition coefficient (Wildman–Crippen LogP) is 2.29. The molecule has 1 atom stereocenters. The highest BCUT2D eigenvalue weighted by Gasteiger charge is 2.27. The van der Waals surface area contributed by atoms with E-state index in [2.05, 4.69) is 17.2 Å². The second-order valence-corrected chi connectivity index (χ2v) is 7.44. The molecule has 1 aliphatic carbocycles. The van der Waals surface area contributed by atoms with Gasteiger partial charge in [-0.2, -0.15) is 0 Å². The molecule has 3 rings (SSSR count). The van der Waals surface area contributed by atoms with E-state index < -0.39 is 29.2 Å². The Morgan fingerprint density at radius 1 is 1.52 bits per heavy atom. The third-order valence-corrected chi connectivity index (χ3v) is 5.46. The van der Waals surface area contributed by atoms with Gasteiger partial charge in [0.15, 0.2) is 6.61 Å². The number of nitrogens with zero attached hydrogens (tertiary/aromatic N) is 2. The lowest BCUT2D eigenvalue weighted by Crippen LogP contribution is -2.23. The largest absolute Gasteiger partial charge is 0.476 e. The van der Waals surface area contributed by atoms with Crippen LogP contribution in [-0.2, 0) is 17.6 Å². The molecule has 0 fully saturated rings. The second-order valence-electron chi connectivity index (χ2n) is 6.34. The lowest BCUT2D eigenvalue weighted by molar-refractivity contribution is -0.390. The summed E-state index contributed by atoms with van der Waals surface area (Å²) in [4.78, 5) is 39.0. The van der Waals surface area contributed by atoms with E-state index in [4.69, 9.17) is 10.5 Å². The minimum atomic E-state index is -0.688. The van der Waals surface area contributed by atoms with Gasteiger partial charge in [-0.1, -0.05) is 6.92 Å². The number of pyridine rings is 1. The van der Waals surface area contributed by atoms with Crippen LogP contribution in [0.25, 0.3) is 0 Å². The molecule has 9 nitrogen and oxygen atoms in total. The van der Waals surface area contributed by atoms with Crippen molar-refractivity contribution < 1.29 is 19.2 Å². The van der Waals surface area contributed by atoms with Gasteiger partial charge < -0.3 is 25.9 Å². The molecule has 2 aromatic rings. The molecule has 10 heteroatoms. The van der Waals surface area contributed by atoms with Crippen LogP contribution in [0.15, 0.2) is 18.3 Å². The van der Waals surface area contributed by atoms with Gasteiger partial charge in [0.25, 0.3) is 11.8 Å². The zero-order valence-corrected chi connectivity index (χ0v) is 15.4. The number of primary amides is 1. The lowest BCUT2D eigenvalue weighted by atomic mass is 9.88. The van der Waals surface area contributed by atoms with Gasteiger partial charge in [-0.3, -0.25) is 9.59 Å². The van der Waals surface area contributed by atoms with E-state index in [1.165, 1.54) is 29.7 Å². The summed E-state index contributed by atoms with van der Waals surface area (Å²) in [5, 5.41) is 14.0. The van der Waals surface area contributed by atoms with E-state index in [9.17, 15) is 19.7 Å². The van der Waals surface area contributed by atoms with Gasteiger partial charge in [0.05, 0.1) is 5.56 Å². The Balaban J connectivity index is 1.73. The van der Waals surface area contributed by atoms with Crippen molar-refractivity contribution in [3.63, 3.8) is 0 Å². The zero-order chi connectivity index (χ0) is 19.6. The van der Waals surface area contributed by atoms with Crippen LogP contribution in [0.1, 0.15) is 34.1 Å². The van der Waals surface area contributed by atoms with Crippen LogP contribution < -0.4 is 15.8 Å². The van der Waals surface area contributed by atoms with Crippen molar-refractivity contribution in [2.24, 2.45) is 11.7 Å². The molecule has 0 radical (unpaired) electrons. The highest BCUT2D eigenvalue weighted by atomic mass is 32.1. The summed E-state index contributed by atoms with van der Waals surface area (Å²) >= 11 is 1.34. The fraction of sp³-hybridized carbons (Fsp3) is 0.353. The number of nitrogens with two attached hydrogens (primary N) is 1. The number of nitro groups is 1. The van der Waals surface area contributed by atoms with Crippen molar-refractivity contribution in [1.29, 1.82) is 0 Å². The SMILES string of the molecule is CC1CCc2c(sc(NC(=O)COc3cccnc3[N+](=O)[O-])c2C(N)=O)C1. The molecule has 1 unspecified atom stereocenters. The fourth-order valence-electron chi connectivity index (χ4n) is 3.04. The third kappa shape index (κ3) is 4.05. The Hall–Kier alpha value is -3.01. The highest BCUT2D eigenvalue weighted by Crippen LogP contribution is 2.39. The minimum Gasteiger partial charge on any atom is -0.476 e. The number of aromatic nitrogens is 1. The summed E-state index contributed by atoms with van der Waals surface area (Å²) in [6.45, 7) is 1.68. The number of hydrogen-bond acceptors (Lipinski definition) is 7. The molecule has 0 aliphatic heterocycles. The van der Waals surface area contributed by atoms with E-state index in [0.717, 1.165) is 29.7 Å². The second kappa shape index (κ2) is 7.70. The summed E-state index contributed by atoms with van der Waals surface area (Å²) in [5.41, 5.74) is 6.77. The van der Waals surface area contributed by atoms with Crippen molar-refractivity contribution in [3.05, 3.63) is 44.4 Å². The summed E-state index contributed by atoms with van der Waals surface area (Å²) in [6.07, 6.45) is 3.82. The summed E-state index contributed by atoms with van der Waals surface area (Å²) in [7, 11) is 0. The van der Waals surface area contributed by atoms with E-state index in [1.807, 2.05) is 0 Å². The summed E-state index contributed by atoms with van der Waals surface area (Å²) in [6, 6.07) is 2.83. The van der Waals surface area contributed by atoms with Crippen LogP contribution in [0, 0.1) is 16.0 Å². The van der Waals surface area contributed by atoms with Gasteiger partial charge in [0.2, 0.25) is 5.75 Å². The number of nitrogens with one attached hydrogen (secondary N) is 1. The number of carbonyl (C=O) groups is 2. The molecule has 142 valence electrons. The van der Waals surface area contributed by atoms with Gasteiger partial charge >= 0.3 is 5.82 Å². The van der Waals surface area contributed by atoms with Crippen molar-refractivity contribution in [2.75, 3.05) is 11.9 Å². The maximum absolute atomic E-state index is 12.2. The highest BCUT2D eigenvalue weighted by molar-refractivity contribution is 7.17. The molecular weight excluding hydrogens is 372 g/mol. The van der Waals surface area contributed by atoms with Gasteiger partial charge in [0, 0.05) is 4.88 Å². The molecule has 1 aliphatic rings. The van der Waals surface area contributed by atoms with Crippen molar-refractivity contribution in [3.8, 4) is 5.75 Å². The van der Waals surface area contributed by atoms with Crippen LogP contribution in [0.5, 0.6) is 5.75 Å². The first-order valence-corrected chi connectivity index (χ1v) is 9.14. The smallest absolute Gasteiger partial charge is 0.406 e. The van der Waals surface area contributed by atoms with Gasteiger partial charge in [-0.25, -0.2) is 0 Å². The van der Waals surface area contributed by atoms with E-state index >= 15 is 0 Å². The lowest BCUT2D eigenvalue weighted by Gasteiger charge is -2.18. The molecule has 0 saturated heterocycles. The number of thiophene rings is 1. The maximum atomic E-state index is 12.2. The molecule has 0 spiro atoms. The van der Waals surface area contributed by atoms with Gasteiger partial charge in [-0.15, -0.1) is 11.3 Å². The molecule has 0 saturated carbocycles. The Labute approximate surface area is 158 Å². The number of ether oxygens (including phenoxy) is 1. The molecule has 2 amide bonds. The quantitative estimate of drug-likeness (QED) is 0.573. The predicted molar refractivity (Wildman–Crippen MR) is 99.0 cm³/mol. The topological polar surface area (TPSA) is 137 Å². The molecular formula is C17H18N4O5S. The van der Waals surface area contributed by atoms with Crippen molar-refractivity contribution >= 4 is 34.0 Å². The number of rotatable bonds is 6. The monoisotopic (exact) mass is 390 g/mol. The average Bonchev–Trinajstić information content (AvgIpc) is 2.97. The number of amides is 2. The third-order valence-electron chi connectivity index (χ3n) is 4.29. The van der Waals surface area contributed by atoms with Gasteiger partial charge in [0.1, 0.15) is 11.2 Å². The Bertz CT molecular complexity index is 911. The molecule has 0 bridgehead atoms. The molecule has 0 aromatic carbocycles. The first kappa shape index (κ1) is 18.8. The first-order valence-electron chi connectivity index (χ1n) is 8.33. The number of fused-ring (bicyclic) bond motifs is 1. The van der Waals surface area contributed by atoms with E-state index in [1.54, 1.807) is 0 Å². The molecule has 2 heterocycles. The summed E-state index contributed by atoms with van der Waals surface area (Å²) < 4.78 is 5.22. The molecule has 2 aromatic heterocycles. The Morgan fingerprint density at radius 2 is 2.30 bits per heavy atom. The Morgan fingerprint density at radius 3 is 3.00 bits per heavy atom. The minimum absolute atomic E-state index is 0.105. The summed E-state index contributed by atoms with van der Waals surface area (Å²) in [5.74, 6) is -1.19. The van der Waals surface area contributed by atoms with Crippen LogP contribution in [0.4, 0.5) is 10.8 Å². The first-order chi connectivity index (χ1) is 12.9. The zero-order valence-electron chi connectivity index (χ0n) is 14.6. The van der Waals surface area contributed by atoms with E-state index in [-0.39, 0.29) is 5.75 Å². The van der Waals surface area contributed by atoms with Gasteiger partial charge in [-0.05, 0) is 52.8 Å². The van der Waals surface area contributed by atoms with Crippen LogP contribution >= 0.6 is 11.3 Å². The average molecular weight is 390 g/mol. The van der Waals surface area contributed by atoms with Crippen molar-refractivity contribution in [1.82, 2.24) is 4.98 Å². The standard InChI is InChI=1S/C17H18N4O5S/c1-9-4-5-10-12(7-9)27-17(14(10)15(18)23)20-13(22)8-26-11-3-2-6-19-16(11)21(24)25/h2-3,6,9H,4-5,7-8H2,1H3,(H2,18,23)(H,20,22). The van der Waals surface area contributed by atoms with Crippen LogP contribution in [0.3, 0.4) is 0 Å².